The van der Waals surface area contributed by atoms with Crippen LogP contribution < -0.4 is 11.1 Å². The summed E-state index contributed by atoms with van der Waals surface area (Å²) < 4.78 is 15.0. The molecule has 22 heavy (non-hydrogen) atoms. The highest BCUT2D eigenvalue weighted by molar-refractivity contribution is 9.10. The largest absolute Gasteiger partial charge is 0.351 e. The highest BCUT2D eigenvalue weighted by Gasteiger charge is 2.15. The maximum Gasteiger partial charge on any atom is 0.272 e. The van der Waals surface area contributed by atoms with Crippen molar-refractivity contribution in [2.75, 3.05) is 13.1 Å². The third-order valence-electron chi connectivity index (χ3n) is 2.89. The van der Waals surface area contributed by atoms with Gasteiger partial charge in [-0.15, -0.1) is 12.4 Å². The standard InChI is InChI=1S/C14H16BrFN4O.ClH/c15-12-9-20(11-5-3-10(16)4-6-11)19-13(12)14(21)18-8-2-1-7-17;/h3-6,9H,1-2,7-8,17H2,(H,18,21);1H. The molecule has 2 aromatic rings. The average Bonchev–Trinajstić information content (AvgIpc) is 2.86. The number of unbranched alkanes of at least 4 members (excludes halogenated alkanes) is 1. The van der Waals surface area contributed by atoms with Crippen LogP contribution in [0.4, 0.5) is 4.39 Å². The first-order valence-corrected chi connectivity index (χ1v) is 7.40. The molecular weight excluding hydrogens is 375 g/mol. The summed E-state index contributed by atoms with van der Waals surface area (Å²) in [5.41, 5.74) is 6.37. The van der Waals surface area contributed by atoms with Crippen molar-refractivity contribution in [3.8, 4) is 5.69 Å². The average molecular weight is 392 g/mol. The van der Waals surface area contributed by atoms with Gasteiger partial charge >= 0.3 is 0 Å². The lowest BCUT2D eigenvalue weighted by molar-refractivity contribution is 0.0947. The third-order valence-corrected chi connectivity index (χ3v) is 3.47. The molecule has 5 nitrogen and oxygen atoms in total. The second-order valence-corrected chi connectivity index (χ2v) is 5.35. The van der Waals surface area contributed by atoms with Gasteiger partial charge in [0.15, 0.2) is 5.69 Å². The van der Waals surface area contributed by atoms with Gasteiger partial charge < -0.3 is 11.1 Å². The molecule has 3 N–H and O–H groups in total. The first-order valence-electron chi connectivity index (χ1n) is 6.61. The summed E-state index contributed by atoms with van der Waals surface area (Å²) in [4.78, 5) is 12.0. The molecule has 0 aliphatic carbocycles. The number of amides is 1. The number of halogens is 3. The van der Waals surface area contributed by atoms with Crippen LogP contribution in [0.15, 0.2) is 34.9 Å². The van der Waals surface area contributed by atoms with Crippen LogP contribution in [0.25, 0.3) is 5.69 Å². The lowest BCUT2D eigenvalue weighted by atomic mass is 10.3. The molecule has 0 spiro atoms. The molecule has 0 bridgehead atoms. The van der Waals surface area contributed by atoms with Gasteiger partial charge in [0, 0.05) is 12.7 Å². The van der Waals surface area contributed by atoms with E-state index in [2.05, 4.69) is 26.3 Å². The molecule has 0 saturated heterocycles. The van der Waals surface area contributed by atoms with Crippen LogP contribution >= 0.6 is 28.3 Å². The van der Waals surface area contributed by atoms with Crippen LogP contribution in [0, 0.1) is 5.82 Å². The molecule has 0 atom stereocenters. The van der Waals surface area contributed by atoms with Crippen LogP contribution in [-0.4, -0.2) is 28.8 Å². The molecular formula is C14H17BrClFN4O. The number of nitrogens with one attached hydrogen (secondary N) is 1. The van der Waals surface area contributed by atoms with Crippen molar-refractivity contribution >= 4 is 34.2 Å². The second-order valence-electron chi connectivity index (χ2n) is 4.50. The molecule has 0 radical (unpaired) electrons. The molecule has 120 valence electrons. The molecule has 1 aromatic heterocycles. The number of nitrogens with zero attached hydrogens (tertiary/aromatic N) is 2. The third kappa shape index (κ3) is 4.79. The van der Waals surface area contributed by atoms with E-state index < -0.39 is 0 Å². The zero-order valence-electron chi connectivity index (χ0n) is 11.8. The summed E-state index contributed by atoms with van der Waals surface area (Å²) in [6, 6.07) is 5.88. The number of rotatable bonds is 6. The highest BCUT2D eigenvalue weighted by atomic mass is 79.9. The normalized spacial score (nSPS) is 10.1. The van der Waals surface area contributed by atoms with Gasteiger partial charge in [-0.25, -0.2) is 9.07 Å². The number of hydrogen-bond acceptors (Lipinski definition) is 3. The summed E-state index contributed by atoms with van der Waals surface area (Å²) in [6.07, 6.45) is 3.37. The van der Waals surface area contributed by atoms with Crippen molar-refractivity contribution in [3.05, 3.63) is 46.4 Å². The maximum absolute atomic E-state index is 12.9. The summed E-state index contributed by atoms with van der Waals surface area (Å²) in [5.74, 6) is -0.567. The minimum atomic E-state index is -0.317. The minimum absolute atomic E-state index is 0. The second kappa shape index (κ2) is 8.87. The molecule has 8 heteroatoms. The van der Waals surface area contributed by atoms with E-state index in [4.69, 9.17) is 5.73 Å². The maximum atomic E-state index is 12.9. The Morgan fingerprint density at radius 3 is 2.64 bits per heavy atom. The van der Waals surface area contributed by atoms with E-state index in [1.807, 2.05) is 0 Å². The van der Waals surface area contributed by atoms with Gasteiger partial charge in [0.05, 0.1) is 10.2 Å². The van der Waals surface area contributed by atoms with E-state index in [-0.39, 0.29) is 24.1 Å². The molecule has 1 amide bonds. The van der Waals surface area contributed by atoms with Gasteiger partial charge in [-0.1, -0.05) is 0 Å². The minimum Gasteiger partial charge on any atom is -0.351 e. The summed E-state index contributed by atoms with van der Waals surface area (Å²) in [6.45, 7) is 1.17. The highest BCUT2D eigenvalue weighted by Crippen LogP contribution is 2.18. The monoisotopic (exact) mass is 390 g/mol. The fourth-order valence-corrected chi connectivity index (χ4v) is 2.24. The Labute approximate surface area is 142 Å². The lowest BCUT2D eigenvalue weighted by Gasteiger charge is -2.03. The van der Waals surface area contributed by atoms with Crippen LogP contribution in [0.2, 0.25) is 0 Å². The van der Waals surface area contributed by atoms with Crippen LogP contribution in [-0.2, 0) is 0 Å². The van der Waals surface area contributed by atoms with Crippen LogP contribution in [0.1, 0.15) is 23.3 Å². The van der Waals surface area contributed by atoms with Crippen LogP contribution in [0.3, 0.4) is 0 Å². The Morgan fingerprint density at radius 1 is 1.32 bits per heavy atom. The molecule has 0 fully saturated rings. The fourth-order valence-electron chi connectivity index (χ4n) is 1.79. The quantitative estimate of drug-likeness (QED) is 0.744. The van der Waals surface area contributed by atoms with Gasteiger partial charge in [-0.2, -0.15) is 5.10 Å². The van der Waals surface area contributed by atoms with E-state index in [9.17, 15) is 9.18 Å². The number of aromatic nitrogens is 2. The first kappa shape index (κ1) is 18.6. The predicted octanol–water partition coefficient (Wildman–Crippen LogP) is 2.66. The molecule has 0 aliphatic heterocycles. The van der Waals surface area contributed by atoms with E-state index in [0.717, 1.165) is 12.8 Å². The fraction of sp³-hybridized carbons (Fsp3) is 0.286. The van der Waals surface area contributed by atoms with E-state index in [1.54, 1.807) is 18.3 Å². The smallest absolute Gasteiger partial charge is 0.272 e. The SMILES string of the molecule is Cl.NCCCCNC(=O)c1nn(-c2ccc(F)cc2)cc1Br. The summed E-state index contributed by atoms with van der Waals surface area (Å²) in [5, 5.41) is 7.01. The zero-order valence-corrected chi connectivity index (χ0v) is 14.2. The topological polar surface area (TPSA) is 72.9 Å². The van der Waals surface area contributed by atoms with Gasteiger partial charge in [-0.3, -0.25) is 4.79 Å². The number of carbonyl (C=O) groups is 1. The van der Waals surface area contributed by atoms with Crippen molar-refractivity contribution in [2.24, 2.45) is 5.73 Å². The molecule has 0 saturated carbocycles. The van der Waals surface area contributed by atoms with Crippen molar-refractivity contribution in [1.82, 2.24) is 15.1 Å². The Kier molecular flexibility index (Phi) is 7.50. The molecule has 2 rings (SSSR count). The van der Waals surface area contributed by atoms with Gasteiger partial charge in [0.1, 0.15) is 5.82 Å². The summed E-state index contributed by atoms with van der Waals surface area (Å²) in [7, 11) is 0. The lowest BCUT2D eigenvalue weighted by Crippen LogP contribution is -2.25. The predicted molar refractivity (Wildman–Crippen MR) is 89.1 cm³/mol. The zero-order chi connectivity index (χ0) is 15.2. The van der Waals surface area contributed by atoms with E-state index in [0.29, 0.717) is 28.9 Å². The number of hydrogen-bond donors (Lipinski definition) is 2. The van der Waals surface area contributed by atoms with Gasteiger partial charge in [-0.05, 0) is 59.6 Å². The van der Waals surface area contributed by atoms with E-state index >= 15 is 0 Å². The van der Waals surface area contributed by atoms with Gasteiger partial charge in [0.25, 0.3) is 5.91 Å². The Balaban J connectivity index is 0.00000242. The molecule has 1 heterocycles. The van der Waals surface area contributed by atoms with Crippen molar-refractivity contribution < 1.29 is 9.18 Å². The Morgan fingerprint density at radius 2 is 2.00 bits per heavy atom. The Bertz CT molecular complexity index is 618. The molecule has 0 unspecified atom stereocenters. The summed E-state index contributed by atoms with van der Waals surface area (Å²) >= 11 is 3.31. The van der Waals surface area contributed by atoms with Crippen molar-refractivity contribution in [1.29, 1.82) is 0 Å². The number of benzene rings is 1. The number of carbonyl (C=O) groups excluding carboxylic acids is 1. The van der Waals surface area contributed by atoms with Crippen LogP contribution in [0.5, 0.6) is 0 Å². The van der Waals surface area contributed by atoms with E-state index in [1.165, 1.54) is 16.8 Å². The first-order chi connectivity index (χ1) is 10.1. The van der Waals surface area contributed by atoms with Gasteiger partial charge in [0.2, 0.25) is 0 Å². The number of nitrogens with two attached hydrogens (primary N) is 1. The van der Waals surface area contributed by atoms with Crippen molar-refractivity contribution in [3.63, 3.8) is 0 Å². The van der Waals surface area contributed by atoms with Crippen molar-refractivity contribution in [2.45, 2.75) is 12.8 Å². The Hall–Kier alpha value is -1.44. The molecule has 1 aromatic carbocycles. The molecule has 0 aliphatic rings.